The smallest absolute Gasteiger partial charge is 0.308 e. The van der Waals surface area contributed by atoms with Crippen LogP contribution in [0.5, 0.6) is 11.5 Å². The Morgan fingerprint density at radius 3 is 2.71 bits per heavy atom. The number of hydrogen-bond donors (Lipinski definition) is 1. The molecule has 0 saturated heterocycles. The fourth-order valence-corrected chi connectivity index (χ4v) is 3.89. The molecule has 1 amide bonds. The number of carbonyl (C=O) groups is 1. The van der Waals surface area contributed by atoms with Gasteiger partial charge < -0.3 is 14.8 Å². The maximum Gasteiger partial charge on any atom is 0.308 e. The maximum absolute atomic E-state index is 12.6. The minimum atomic E-state index is -0.223. The molecule has 0 fully saturated rings. The van der Waals surface area contributed by atoms with E-state index >= 15 is 0 Å². The molecule has 0 spiro atoms. The van der Waals surface area contributed by atoms with Crippen LogP contribution in [0.2, 0.25) is 0 Å². The number of aromatic nitrogens is 1. The van der Waals surface area contributed by atoms with Crippen LogP contribution >= 0.6 is 11.3 Å². The van der Waals surface area contributed by atoms with Crippen molar-refractivity contribution in [1.29, 1.82) is 0 Å². The van der Waals surface area contributed by atoms with Crippen LogP contribution in [-0.4, -0.2) is 17.3 Å². The molecule has 0 aliphatic carbocycles. The minimum Gasteiger partial charge on any atom is -0.454 e. The highest BCUT2D eigenvalue weighted by molar-refractivity contribution is 7.07. The first-order valence-corrected chi connectivity index (χ1v) is 9.83. The van der Waals surface area contributed by atoms with Crippen LogP contribution in [0.3, 0.4) is 0 Å². The standard InChI is InChI=1S/C21H20N2O4S/c1-13-3-5-15(6-4-13)17-11-28-21(25)23(17)10-20(24)22-14(2)16-7-8-18-19(9-16)27-12-26-18/h3-9,11,14H,10,12H2,1-2H3,(H,22,24)/t14-/m0/s1. The van der Waals surface area contributed by atoms with Crippen molar-refractivity contribution in [3.63, 3.8) is 0 Å². The van der Waals surface area contributed by atoms with Crippen LogP contribution in [0, 0.1) is 6.92 Å². The van der Waals surface area contributed by atoms with Crippen LogP contribution in [0.4, 0.5) is 0 Å². The van der Waals surface area contributed by atoms with Crippen LogP contribution < -0.4 is 19.7 Å². The van der Waals surface area contributed by atoms with E-state index in [4.69, 9.17) is 9.47 Å². The van der Waals surface area contributed by atoms with Gasteiger partial charge in [0.2, 0.25) is 12.7 Å². The van der Waals surface area contributed by atoms with E-state index < -0.39 is 0 Å². The highest BCUT2D eigenvalue weighted by Crippen LogP contribution is 2.34. The van der Waals surface area contributed by atoms with Gasteiger partial charge in [0.25, 0.3) is 0 Å². The topological polar surface area (TPSA) is 69.6 Å². The monoisotopic (exact) mass is 396 g/mol. The Balaban J connectivity index is 1.49. The number of carbonyl (C=O) groups excluding carboxylic acids is 1. The molecule has 1 aliphatic rings. The van der Waals surface area contributed by atoms with E-state index in [1.807, 2.05) is 56.3 Å². The van der Waals surface area contributed by atoms with Crippen molar-refractivity contribution in [3.05, 3.63) is 68.6 Å². The third-order valence-corrected chi connectivity index (χ3v) is 5.47. The molecular weight excluding hydrogens is 376 g/mol. The molecule has 2 aromatic carbocycles. The highest BCUT2D eigenvalue weighted by Gasteiger charge is 2.18. The van der Waals surface area contributed by atoms with Crippen molar-refractivity contribution >= 4 is 17.2 Å². The second kappa shape index (κ2) is 7.52. The summed E-state index contributed by atoms with van der Waals surface area (Å²) in [6.07, 6.45) is 0. The fourth-order valence-electron chi connectivity index (χ4n) is 3.13. The summed E-state index contributed by atoms with van der Waals surface area (Å²) in [6, 6.07) is 13.3. The first kappa shape index (κ1) is 18.3. The molecule has 1 aromatic heterocycles. The van der Waals surface area contributed by atoms with Crippen LogP contribution in [0.25, 0.3) is 11.3 Å². The lowest BCUT2D eigenvalue weighted by atomic mass is 10.1. The Bertz CT molecular complexity index is 1070. The molecule has 2 heterocycles. The summed E-state index contributed by atoms with van der Waals surface area (Å²) < 4.78 is 12.2. The van der Waals surface area contributed by atoms with E-state index in [9.17, 15) is 9.59 Å². The number of amides is 1. The molecule has 1 N–H and O–H groups in total. The summed E-state index contributed by atoms with van der Waals surface area (Å²) >= 11 is 1.10. The van der Waals surface area contributed by atoms with Gasteiger partial charge in [-0.05, 0) is 37.1 Å². The Kier molecular flexibility index (Phi) is 4.92. The van der Waals surface area contributed by atoms with Crippen LogP contribution in [0.1, 0.15) is 24.1 Å². The molecule has 7 heteroatoms. The average Bonchev–Trinajstić information content (AvgIpc) is 3.29. The van der Waals surface area contributed by atoms with Crippen LogP contribution in [0.15, 0.2) is 52.6 Å². The van der Waals surface area contributed by atoms with E-state index in [0.717, 1.165) is 33.7 Å². The number of fused-ring (bicyclic) bond motifs is 1. The number of nitrogens with zero attached hydrogens (tertiary/aromatic N) is 1. The molecule has 0 bridgehead atoms. The summed E-state index contributed by atoms with van der Waals surface area (Å²) in [5.74, 6) is 1.16. The van der Waals surface area contributed by atoms with Gasteiger partial charge in [0.15, 0.2) is 11.5 Å². The Hall–Kier alpha value is -3.06. The molecule has 1 aliphatic heterocycles. The predicted octanol–water partition coefficient (Wildman–Crippen LogP) is 3.49. The number of benzene rings is 2. The molecule has 0 saturated carbocycles. The van der Waals surface area contributed by atoms with Gasteiger partial charge in [-0.15, -0.1) is 0 Å². The fraction of sp³-hybridized carbons (Fsp3) is 0.238. The Morgan fingerprint density at radius 2 is 1.93 bits per heavy atom. The zero-order chi connectivity index (χ0) is 19.7. The van der Waals surface area contributed by atoms with E-state index in [2.05, 4.69) is 5.32 Å². The molecule has 6 nitrogen and oxygen atoms in total. The van der Waals surface area contributed by atoms with Crippen molar-refractivity contribution in [3.8, 4) is 22.8 Å². The zero-order valence-corrected chi connectivity index (χ0v) is 16.4. The lowest BCUT2D eigenvalue weighted by Gasteiger charge is -2.16. The van der Waals surface area contributed by atoms with Crippen LogP contribution in [-0.2, 0) is 11.3 Å². The number of nitrogens with one attached hydrogen (secondary N) is 1. The van der Waals surface area contributed by atoms with Gasteiger partial charge in [-0.1, -0.05) is 47.2 Å². The summed E-state index contributed by atoms with van der Waals surface area (Å²) in [5.41, 5.74) is 3.72. The molecule has 3 aromatic rings. The Morgan fingerprint density at radius 1 is 1.18 bits per heavy atom. The van der Waals surface area contributed by atoms with E-state index in [-0.39, 0.29) is 30.2 Å². The lowest BCUT2D eigenvalue weighted by molar-refractivity contribution is -0.122. The third kappa shape index (κ3) is 3.66. The van der Waals surface area contributed by atoms with E-state index in [1.165, 1.54) is 4.57 Å². The number of hydrogen-bond acceptors (Lipinski definition) is 5. The Labute approximate surface area is 166 Å². The molecule has 4 rings (SSSR count). The zero-order valence-electron chi connectivity index (χ0n) is 15.6. The van der Waals surface area contributed by atoms with Gasteiger partial charge in [-0.3, -0.25) is 14.2 Å². The molecule has 0 unspecified atom stereocenters. The lowest BCUT2D eigenvalue weighted by Crippen LogP contribution is -2.32. The quantitative estimate of drug-likeness (QED) is 0.717. The van der Waals surface area contributed by atoms with Crippen molar-refractivity contribution in [2.75, 3.05) is 6.79 Å². The first-order valence-electron chi connectivity index (χ1n) is 8.95. The number of rotatable bonds is 5. The van der Waals surface area contributed by atoms with Crippen molar-refractivity contribution in [1.82, 2.24) is 9.88 Å². The van der Waals surface area contributed by atoms with Gasteiger partial charge in [0.1, 0.15) is 6.54 Å². The maximum atomic E-state index is 12.6. The summed E-state index contributed by atoms with van der Waals surface area (Å²) in [6.45, 7) is 4.09. The second-order valence-electron chi connectivity index (χ2n) is 6.74. The van der Waals surface area contributed by atoms with Gasteiger partial charge in [-0.25, -0.2) is 0 Å². The van der Waals surface area contributed by atoms with E-state index in [0.29, 0.717) is 11.5 Å². The first-order chi connectivity index (χ1) is 13.5. The number of ether oxygens (including phenoxy) is 2. The van der Waals surface area contributed by atoms with Gasteiger partial charge in [0, 0.05) is 5.38 Å². The second-order valence-corrected chi connectivity index (χ2v) is 7.56. The third-order valence-electron chi connectivity index (χ3n) is 4.71. The minimum absolute atomic E-state index is 0.0273. The highest BCUT2D eigenvalue weighted by atomic mass is 32.1. The predicted molar refractivity (Wildman–Crippen MR) is 108 cm³/mol. The summed E-state index contributed by atoms with van der Waals surface area (Å²) in [7, 11) is 0. The molecule has 28 heavy (non-hydrogen) atoms. The van der Waals surface area contributed by atoms with Crippen molar-refractivity contribution < 1.29 is 14.3 Å². The normalized spacial score (nSPS) is 13.4. The largest absolute Gasteiger partial charge is 0.454 e. The number of aryl methyl sites for hydroxylation is 1. The average molecular weight is 396 g/mol. The van der Waals surface area contributed by atoms with Crippen molar-refractivity contribution in [2.24, 2.45) is 0 Å². The van der Waals surface area contributed by atoms with Gasteiger partial charge in [0.05, 0.1) is 11.7 Å². The molecular formula is C21H20N2O4S. The number of thiazole rings is 1. The molecule has 1 atom stereocenters. The molecule has 144 valence electrons. The SMILES string of the molecule is Cc1ccc(-c2csc(=O)n2CC(=O)N[C@@H](C)c2ccc3c(c2)OCO3)cc1. The summed E-state index contributed by atoms with van der Waals surface area (Å²) in [5, 5.41) is 4.74. The summed E-state index contributed by atoms with van der Waals surface area (Å²) in [4.78, 5) is 24.7. The van der Waals surface area contributed by atoms with Gasteiger partial charge >= 0.3 is 4.87 Å². The van der Waals surface area contributed by atoms with Gasteiger partial charge in [-0.2, -0.15) is 0 Å². The van der Waals surface area contributed by atoms with Crippen molar-refractivity contribution in [2.45, 2.75) is 26.4 Å². The van der Waals surface area contributed by atoms with E-state index in [1.54, 1.807) is 5.38 Å². The molecule has 0 radical (unpaired) electrons.